The lowest BCUT2D eigenvalue weighted by Crippen LogP contribution is -2.18. The number of unbranched alkanes of at least 4 members (excludes halogenated alkanes) is 19. The molecule has 0 amide bonds. The number of hydrogen-bond acceptors (Lipinski definition) is 3. The van der Waals surface area contributed by atoms with Gasteiger partial charge in [-0.05, 0) is 83.5 Å². The highest BCUT2D eigenvalue weighted by Gasteiger charge is 2.14. The van der Waals surface area contributed by atoms with Gasteiger partial charge in [0.05, 0.1) is 0 Å². The quantitative estimate of drug-likeness (QED) is 0.0396. The van der Waals surface area contributed by atoms with Crippen LogP contribution in [0.1, 0.15) is 213 Å². The fourth-order valence-electron chi connectivity index (χ4n) is 6.15. The normalized spacial score (nSPS) is 12.8. The summed E-state index contributed by atoms with van der Waals surface area (Å²) in [5.41, 5.74) is 0. The van der Waals surface area contributed by atoms with Crippen LogP contribution in [0.4, 0.5) is 0 Å². The molecule has 4 heteroatoms. The standard InChI is InChI=1S/C46H80O4/c1-3-5-7-9-11-13-15-17-19-21-22-23-25-27-29-31-33-35-37-43-46(49)50-44(41-38-39-42-45(47)48)40-36-34-32-30-28-26-24-20-18-16-14-12-10-8-6-4-2/h5,7,11,13,17,19,22-23,27,29,44H,3-4,6,8-10,12,14-16,18,20-21,24-26,28,30-43H2,1-2H3,(H,47,48)/b7-5-,13-11-,19-17-,23-22-,29-27-. The maximum Gasteiger partial charge on any atom is 0.306 e. The molecule has 1 N–H and O–H groups in total. The molecule has 0 aromatic carbocycles. The first-order valence-electron chi connectivity index (χ1n) is 21.3. The highest BCUT2D eigenvalue weighted by atomic mass is 16.5. The molecule has 0 aromatic rings. The van der Waals surface area contributed by atoms with Gasteiger partial charge < -0.3 is 9.84 Å². The van der Waals surface area contributed by atoms with Gasteiger partial charge in [-0.15, -0.1) is 0 Å². The van der Waals surface area contributed by atoms with Crippen molar-refractivity contribution in [1.29, 1.82) is 0 Å². The maximum atomic E-state index is 12.6. The first-order chi connectivity index (χ1) is 24.6. The van der Waals surface area contributed by atoms with Crippen LogP contribution in [0, 0.1) is 0 Å². The summed E-state index contributed by atoms with van der Waals surface area (Å²) in [7, 11) is 0. The van der Waals surface area contributed by atoms with Crippen LogP contribution in [-0.2, 0) is 14.3 Å². The Morgan fingerprint density at radius 1 is 0.460 bits per heavy atom. The number of allylic oxidation sites excluding steroid dienone is 10. The summed E-state index contributed by atoms with van der Waals surface area (Å²) < 4.78 is 5.90. The Labute approximate surface area is 310 Å². The third-order valence-electron chi connectivity index (χ3n) is 9.25. The second-order valence-corrected chi connectivity index (χ2v) is 14.2. The number of carboxylic acid groups (broad SMARTS) is 1. The lowest BCUT2D eigenvalue weighted by atomic mass is 10.0. The Morgan fingerprint density at radius 3 is 1.30 bits per heavy atom. The van der Waals surface area contributed by atoms with Crippen molar-refractivity contribution < 1.29 is 19.4 Å². The third kappa shape index (κ3) is 40.1. The number of hydrogen-bond donors (Lipinski definition) is 1. The van der Waals surface area contributed by atoms with E-state index in [9.17, 15) is 9.59 Å². The zero-order valence-electron chi connectivity index (χ0n) is 32.9. The smallest absolute Gasteiger partial charge is 0.306 e. The van der Waals surface area contributed by atoms with Gasteiger partial charge in [-0.25, -0.2) is 0 Å². The first-order valence-corrected chi connectivity index (χ1v) is 21.3. The van der Waals surface area contributed by atoms with E-state index in [1.54, 1.807) is 0 Å². The summed E-state index contributed by atoms with van der Waals surface area (Å²) in [6, 6.07) is 0. The minimum atomic E-state index is -0.749. The van der Waals surface area contributed by atoms with Crippen LogP contribution < -0.4 is 0 Å². The molecular formula is C46H80O4. The van der Waals surface area contributed by atoms with E-state index in [4.69, 9.17) is 9.84 Å². The van der Waals surface area contributed by atoms with E-state index in [2.05, 4.69) is 74.6 Å². The molecule has 0 spiro atoms. The van der Waals surface area contributed by atoms with E-state index in [0.717, 1.165) is 83.5 Å². The van der Waals surface area contributed by atoms with Crippen molar-refractivity contribution >= 4 is 11.9 Å². The van der Waals surface area contributed by atoms with Gasteiger partial charge in [0, 0.05) is 12.8 Å². The largest absolute Gasteiger partial charge is 0.481 e. The molecule has 0 saturated carbocycles. The van der Waals surface area contributed by atoms with Crippen LogP contribution in [0.2, 0.25) is 0 Å². The molecule has 0 saturated heterocycles. The molecule has 0 aliphatic heterocycles. The van der Waals surface area contributed by atoms with Gasteiger partial charge in [0.1, 0.15) is 6.10 Å². The van der Waals surface area contributed by atoms with Crippen molar-refractivity contribution in [3.63, 3.8) is 0 Å². The van der Waals surface area contributed by atoms with E-state index >= 15 is 0 Å². The predicted molar refractivity (Wildman–Crippen MR) is 218 cm³/mol. The molecule has 0 fully saturated rings. The Hall–Kier alpha value is -2.36. The average Bonchev–Trinajstić information content (AvgIpc) is 3.10. The molecule has 0 heterocycles. The number of carbonyl (C=O) groups is 2. The first kappa shape index (κ1) is 47.6. The number of esters is 1. The molecule has 0 aliphatic rings. The minimum Gasteiger partial charge on any atom is -0.481 e. The van der Waals surface area contributed by atoms with Gasteiger partial charge in [-0.2, -0.15) is 0 Å². The molecule has 0 rings (SSSR count). The van der Waals surface area contributed by atoms with Gasteiger partial charge in [0.15, 0.2) is 0 Å². The van der Waals surface area contributed by atoms with Crippen molar-refractivity contribution in [1.82, 2.24) is 0 Å². The molecule has 1 atom stereocenters. The summed E-state index contributed by atoms with van der Waals surface area (Å²) in [6.07, 6.45) is 56.7. The zero-order valence-corrected chi connectivity index (χ0v) is 32.9. The van der Waals surface area contributed by atoms with Gasteiger partial charge in [-0.1, -0.05) is 177 Å². The van der Waals surface area contributed by atoms with E-state index in [0.29, 0.717) is 12.8 Å². The minimum absolute atomic E-state index is 0.0655. The second kappa shape index (κ2) is 41.1. The van der Waals surface area contributed by atoms with Gasteiger partial charge in [-0.3, -0.25) is 9.59 Å². The van der Waals surface area contributed by atoms with Crippen molar-refractivity contribution in [3.8, 4) is 0 Å². The van der Waals surface area contributed by atoms with Crippen molar-refractivity contribution in [2.24, 2.45) is 0 Å². The SMILES string of the molecule is CC/C=C\C/C=C\C/C=C\C/C=C\C/C=C\CCCCCC(=O)OC(CCCCCCCCCCCCCCCCCC)CCCCC(=O)O. The Bertz CT molecular complexity index is 881. The van der Waals surface area contributed by atoms with Crippen LogP contribution >= 0.6 is 0 Å². The van der Waals surface area contributed by atoms with E-state index < -0.39 is 5.97 Å². The van der Waals surface area contributed by atoms with Crippen LogP contribution in [0.15, 0.2) is 60.8 Å². The summed E-state index contributed by atoms with van der Waals surface area (Å²) in [5, 5.41) is 8.97. The number of carboxylic acids is 1. The molecule has 0 aliphatic carbocycles. The summed E-state index contributed by atoms with van der Waals surface area (Å²) in [5.74, 6) is -0.833. The predicted octanol–water partition coefficient (Wildman–Crippen LogP) is 14.9. The van der Waals surface area contributed by atoms with Gasteiger partial charge in [0.25, 0.3) is 0 Å². The molecule has 0 bridgehead atoms. The van der Waals surface area contributed by atoms with Crippen LogP contribution in [-0.4, -0.2) is 23.1 Å². The fourth-order valence-corrected chi connectivity index (χ4v) is 6.15. The summed E-state index contributed by atoms with van der Waals surface area (Å²) >= 11 is 0. The monoisotopic (exact) mass is 697 g/mol. The lowest BCUT2D eigenvalue weighted by Gasteiger charge is -2.18. The van der Waals surface area contributed by atoms with E-state index in [1.165, 1.54) is 96.3 Å². The highest BCUT2D eigenvalue weighted by Crippen LogP contribution is 2.18. The molecular weight excluding hydrogens is 617 g/mol. The van der Waals surface area contributed by atoms with Crippen molar-refractivity contribution in [3.05, 3.63) is 60.8 Å². The molecule has 288 valence electrons. The van der Waals surface area contributed by atoms with Gasteiger partial charge in [0.2, 0.25) is 0 Å². The summed E-state index contributed by atoms with van der Waals surface area (Å²) in [4.78, 5) is 23.5. The third-order valence-corrected chi connectivity index (χ3v) is 9.25. The Morgan fingerprint density at radius 2 is 0.840 bits per heavy atom. The van der Waals surface area contributed by atoms with Crippen LogP contribution in [0.5, 0.6) is 0 Å². The van der Waals surface area contributed by atoms with Crippen LogP contribution in [0.25, 0.3) is 0 Å². The molecule has 0 radical (unpaired) electrons. The Balaban J connectivity index is 3.95. The summed E-state index contributed by atoms with van der Waals surface area (Å²) in [6.45, 7) is 4.44. The molecule has 50 heavy (non-hydrogen) atoms. The Kier molecular flexibility index (Phi) is 39.1. The van der Waals surface area contributed by atoms with Crippen molar-refractivity contribution in [2.45, 2.75) is 219 Å². The maximum absolute atomic E-state index is 12.6. The number of rotatable bonds is 38. The van der Waals surface area contributed by atoms with E-state index in [1.807, 2.05) is 0 Å². The van der Waals surface area contributed by atoms with Gasteiger partial charge >= 0.3 is 11.9 Å². The van der Waals surface area contributed by atoms with Crippen molar-refractivity contribution in [2.75, 3.05) is 0 Å². The highest BCUT2D eigenvalue weighted by molar-refractivity contribution is 5.69. The molecule has 4 nitrogen and oxygen atoms in total. The topological polar surface area (TPSA) is 63.6 Å². The number of aliphatic carboxylic acids is 1. The second-order valence-electron chi connectivity index (χ2n) is 14.2. The van der Waals surface area contributed by atoms with Crippen LogP contribution in [0.3, 0.4) is 0 Å². The lowest BCUT2D eigenvalue weighted by molar-refractivity contribution is -0.150. The average molecular weight is 697 g/mol. The number of carbonyl (C=O) groups excluding carboxylic acids is 1. The van der Waals surface area contributed by atoms with E-state index in [-0.39, 0.29) is 18.5 Å². The zero-order chi connectivity index (χ0) is 36.4. The number of ether oxygens (including phenoxy) is 1. The molecule has 1 unspecified atom stereocenters. The molecule has 0 aromatic heterocycles. The fraction of sp³-hybridized carbons (Fsp3) is 0.739.